The maximum Gasteiger partial charge on any atom is 0.133 e. The fourth-order valence-electron chi connectivity index (χ4n) is 4.36. The molecule has 2 heteroatoms. The molecular weight excluding hydrogens is 330 g/mol. The second-order valence-electron chi connectivity index (χ2n) is 8.11. The van der Waals surface area contributed by atoms with Crippen LogP contribution < -0.4 is 4.90 Å². The van der Waals surface area contributed by atoms with Gasteiger partial charge in [0, 0.05) is 29.2 Å². The summed E-state index contributed by atoms with van der Waals surface area (Å²) < 4.78 is 5.47. The van der Waals surface area contributed by atoms with Gasteiger partial charge in [-0.05, 0) is 65.6 Å². The number of fused-ring (bicyclic) bond motifs is 4. The fourth-order valence-corrected chi connectivity index (χ4v) is 4.36. The van der Waals surface area contributed by atoms with Gasteiger partial charge >= 0.3 is 0 Å². The Balaban J connectivity index is 1.60. The molecule has 0 spiro atoms. The van der Waals surface area contributed by atoms with E-state index in [0.717, 1.165) is 16.7 Å². The highest BCUT2D eigenvalue weighted by atomic mass is 16.3. The van der Waals surface area contributed by atoms with Gasteiger partial charge in [0.25, 0.3) is 0 Å². The quantitative estimate of drug-likeness (QED) is 0.393. The van der Waals surface area contributed by atoms with Crippen LogP contribution in [0.2, 0.25) is 0 Å². The van der Waals surface area contributed by atoms with E-state index in [1.54, 1.807) is 6.26 Å². The summed E-state index contributed by atoms with van der Waals surface area (Å²) in [6.45, 7) is 6.83. The van der Waals surface area contributed by atoms with E-state index in [9.17, 15) is 0 Å². The summed E-state index contributed by atoms with van der Waals surface area (Å²) in [6, 6.07) is 22.0. The van der Waals surface area contributed by atoms with Crippen LogP contribution in [0.4, 0.5) is 11.4 Å². The second kappa shape index (κ2) is 5.50. The third-order valence-electron chi connectivity index (χ3n) is 6.03. The number of rotatable bonds is 2. The SMILES string of the molecule is Cc1ccc2c(c1)C(C)(C)c1cc(N(C)c3ccc4occc4c3)ccc1-2. The molecule has 0 saturated heterocycles. The molecule has 1 aliphatic carbocycles. The molecule has 0 radical (unpaired) electrons. The predicted molar refractivity (Wildman–Crippen MR) is 113 cm³/mol. The van der Waals surface area contributed by atoms with E-state index in [1.807, 2.05) is 12.1 Å². The minimum atomic E-state index is 0.0159. The van der Waals surface area contributed by atoms with Crippen LogP contribution in [0.5, 0.6) is 0 Å². The molecule has 0 fully saturated rings. The lowest BCUT2D eigenvalue weighted by Crippen LogP contribution is -2.16. The second-order valence-corrected chi connectivity index (χ2v) is 8.11. The van der Waals surface area contributed by atoms with Gasteiger partial charge < -0.3 is 9.32 Å². The van der Waals surface area contributed by atoms with Gasteiger partial charge in [0.15, 0.2) is 0 Å². The Labute approximate surface area is 160 Å². The van der Waals surface area contributed by atoms with Crippen LogP contribution in [0.3, 0.4) is 0 Å². The molecule has 0 unspecified atom stereocenters. The van der Waals surface area contributed by atoms with Gasteiger partial charge in [-0.3, -0.25) is 0 Å². The molecule has 0 aliphatic heterocycles. The zero-order chi connectivity index (χ0) is 18.8. The van der Waals surface area contributed by atoms with Crippen molar-refractivity contribution >= 4 is 22.3 Å². The number of benzene rings is 3. The summed E-state index contributed by atoms with van der Waals surface area (Å²) in [5.74, 6) is 0. The molecule has 2 nitrogen and oxygen atoms in total. The van der Waals surface area contributed by atoms with Crippen molar-refractivity contribution in [1.29, 1.82) is 0 Å². The van der Waals surface area contributed by atoms with Gasteiger partial charge in [-0.1, -0.05) is 43.7 Å². The molecule has 0 bridgehead atoms. The molecule has 3 aromatic carbocycles. The molecule has 0 saturated carbocycles. The minimum Gasteiger partial charge on any atom is -0.464 e. The summed E-state index contributed by atoms with van der Waals surface area (Å²) in [5.41, 5.74) is 10.2. The molecule has 134 valence electrons. The molecule has 0 atom stereocenters. The molecular formula is C25H23NO. The average Bonchev–Trinajstić information content (AvgIpc) is 3.22. The van der Waals surface area contributed by atoms with E-state index < -0.39 is 0 Å². The first kappa shape index (κ1) is 16.2. The Morgan fingerprint density at radius 2 is 1.44 bits per heavy atom. The van der Waals surface area contributed by atoms with Gasteiger partial charge in [0.05, 0.1) is 6.26 Å². The molecule has 0 amide bonds. The largest absolute Gasteiger partial charge is 0.464 e. The highest BCUT2D eigenvalue weighted by Crippen LogP contribution is 2.50. The van der Waals surface area contributed by atoms with Crippen molar-refractivity contribution in [1.82, 2.24) is 0 Å². The minimum absolute atomic E-state index is 0.0159. The van der Waals surface area contributed by atoms with E-state index >= 15 is 0 Å². The van der Waals surface area contributed by atoms with Crippen LogP contribution in [0.1, 0.15) is 30.5 Å². The van der Waals surface area contributed by atoms with Gasteiger partial charge in [0.2, 0.25) is 0 Å². The summed E-state index contributed by atoms with van der Waals surface area (Å²) in [4.78, 5) is 2.25. The molecule has 27 heavy (non-hydrogen) atoms. The zero-order valence-electron chi connectivity index (χ0n) is 16.2. The topological polar surface area (TPSA) is 16.4 Å². The molecule has 1 heterocycles. The smallest absolute Gasteiger partial charge is 0.133 e. The van der Waals surface area contributed by atoms with E-state index in [4.69, 9.17) is 4.42 Å². The van der Waals surface area contributed by atoms with Crippen LogP contribution in [0, 0.1) is 6.92 Å². The maximum atomic E-state index is 5.47. The lowest BCUT2D eigenvalue weighted by Gasteiger charge is -2.25. The summed E-state index contributed by atoms with van der Waals surface area (Å²) in [6.07, 6.45) is 1.74. The number of aryl methyl sites for hydroxylation is 1. The van der Waals surface area contributed by atoms with E-state index in [-0.39, 0.29) is 5.41 Å². The van der Waals surface area contributed by atoms with Gasteiger partial charge in [-0.25, -0.2) is 0 Å². The van der Waals surface area contributed by atoms with Crippen molar-refractivity contribution < 1.29 is 4.42 Å². The Bertz CT molecular complexity index is 1180. The number of anilines is 2. The lowest BCUT2D eigenvalue weighted by molar-refractivity contribution is 0.616. The van der Waals surface area contributed by atoms with Crippen molar-refractivity contribution in [3.63, 3.8) is 0 Å². The van der Waals surface area contributed by atoms with Crippen LogP contribution in [-0.2, 0) is 5.41 Å². The highest BCUT2D eigenvalue weighted by molar-refractivity contribution is 5.85. The Kier molecular flexibility index (Phi) is 3.30. The van der Waals surface area contributed by atoms with E-state index in [0.29, 0.717) is 0 Å². The molecule has 5 rings (SSSR count). The Hall–Kier alpha value is -3.00. The molecule has 0 N–H and O–H groups in total. The molecule has 1 aromatic heterocycles. The summed E-state index contributed by atoms with van der Waals surface area (Å²) >= 11 is 0. The van der Waals surface area contributed by atoms with Gasteiger partial charge in [0.1, 0.15) is 5.58 Å². The Morgan fingerprint density at radius 3 is 2.26 bits per heavy atom. The molecule has 1 aliphatic rings. The zero-order valence-corrected chi connectivity index (χ0v) is 16.2. The first-order chi connectivity index (χ1) is 12.9. The average molecular weight is 353 g/mol. The van der Waals surface area contributed by atoms with E-state index in [1.165, 1.54) is 33.5 Å². The third-order valence-corrected chi connectivity index (χ3v) is 6.03. The monoisotopic (exact) mass is 353 g/mol. The van der Waals surface area contributed by atoms with Crippen molar-refractivity contribution in [2.24, 2.45) is 0 Å². The summed E-state index contributed by atoms with van der Waals surface area (Å²) in [7, 11) is 2.13. The van der Waals surface area contributed by atoms with Crippen molar-refractivity contribution in [3.8, 4) is 11.1 Å². The lowest BCUT2D eigenvalue weighted by atomic mass is 9.82. The standard InChI is InChI=1S/C25H23NO/c1-16-5-8-20-21-9-6-19(15-23(21)25(2,3)22(20)13-16)26(4)18-7-10-24-17(14-18)11-12-27-24/h5-15H,1-4H3. The van der Waals surface area contributed by atoms with Gasteiger partial charge in [-0.15, -0.1) is 0 Å². The number of hydrogen-bond acceptors (Lipinski definition) is 2. The Morgan fingerprint density at radius 1 is 0.778 bits per heavy atom. The predicted octanol–water partition coefficient (Wildman–Crippen LogP) is 6.82. The number of hydrogen-bond donors (Lipinski definition) is 0. The normalized spacial score (nSPS) is 14.2. The van der Waals surface area contributed by atoms with Gasteiger partial charge in [-0.2, -0.15) is 0 Å². The van der Waals surface area contributed by atoms with Crippen molar-refractivity contribution in [3.05, 3.63) is 83.6 Å². The fraction of sp³-hybridized carbons (Fsp3) is 0.200. The van der Waals surface area contributed by atoms with Crippen molar-refractivity contribution in [2.45, 2.75) is 26.2 Å². The van der Waals surface area contributed by atoms with Crippen LogP contribution >= 0.6 is 0 Å². The number of nitrogens with zero attached hydrogens (tertiary/aromatic N) is 1. The van der Waals surface area contributed by atoms with Crippen molar-refractivity contribution in [2.75, 3.05) is 11.9 Å². The third kappa shape index (κ3) is 2.33. The molecule has 4 aromatic rings. The first-order valence-corrected chi connectivity index (χ1v) is 9.42. The maximum absolute atomic E-state index is 5.47. The number of furan rings is 1. The van der Waals surface area contributed by atoms with Crippen LogP contribution in [0.25, 0.3) is 22.1 Å². The summed E-state index contributed by atoms with van der Waals surface area (Å²) in [5, 5.41) is 1.13. The first-order valence-electron chi connectivity index (χ1n) is 9.42. The van der Waals surface area contributed by atoms with Crippen LogP contribution in [0.15, 0.2) is 71.3 Å². The van der Waals surface area contributed by atoms with E-state index in [2.05, 4.69) is 81.2 Å². The van der Waals surface area contributed by atoms with Crippen LogP contribution in [-0.4, -0.2) is 7.05 Å². The highest BCUT2D eigenvalue weighted by Gasteiger charge is 2.35.